The standard InChI is InChI=1S/C19H18ClN3OS2/c1-11-16(18(24)22-14-7-5-13(20)6-8-14)17(23-19(25)21-11)12-3-9-15(26-2)10-4-12/h3-10,17H,1-2H3,(H,22,24)(H2,21,23,25). The van der Waals surface area contributed by atoms with Crippen molar-refractivity contribution in [1.82, 2.24) is 10.6 Å². The molecular formula is C19H18ClN3OS2. The smallest absolute Gasteiger partial charge is 0.255 e. The molecule has 0 aromatic heterocycles. The van der Waals surface area contributed by atoms with Crippen LogP contribution in [-0.2, 0) is 4.79 Å². The number of benzene rings is 2. The van der Waals surface area contributed by atoms with E-state index < -0.39 is 0 Å². The predicted molar refractivity (Wildman–Crippen MR) is 113 cm³/mol. The molecule has 2 aromatic carbocycles. The van der Waals surface area contributed by atoms with Crippen LogP contribution in [0, 0.1) is 0 Å². The van der Waals surface area contributed by atoms with Crippen LogP contribution in [0.4, 0.5) is 5.69 Å². The van der Waals surface area contributed by atoms with Crippen molar-refractivity contribution in [3.05, 3.63) is 70.4 Å². The molecule has 3 N–H and O–H groups in total. The monoisotopic (exact) mass is 403 g/mol. The lowest BCUT2D eigenvalue weighted by molar-refractivity contribution is -0.113. The van der Waals surface area contributed by atoms with E-state index in [0.29, 0.717) is 21.4 Å². The van der Waals surface area contributed by atoms with Crippen molar-refractivity contribution in [3.8, 4) is 0 Å². The van der Waals surface area contributed by atoms with Crippen molar-refractivity contribution in [2.75, 3.05) is 11.6 Å². The van der Waals surface area contributed by atoms with Gasteiger partial charge in [0.05, 0.1) is 11.6 Å². The first-order valence-corrected chi connectivity index (χ1v) is 9.98. The molecule has 0 spiro atoms. The van der Waals surface area contributed by atoms with Gasteiger partial charge in [0.2, 0.25) is 0 Å². The number of hydrogen-bond acceptors (Lipinski definition) is 3. The van der Waals surface area contributed by atoms with Gasteiger partial charge in [-0.2, -0.15) is 0 Å². The van der Waals surface area contributed by atoms with Gasteiger partial charge in [-0.3, -0.25) is 4.79 Å². The number of rotatable bonds is 4. The molecule has 4 nitrogen and oxygen atoms in total. The number of anilines is 1. The van der Waals surface area contributed by atoms with Gasteiger partial charge in [-0.05, 0) is 67.4 Å². The molecule has 3 rings (SSSR count). The quantitative estimate of drug-likeness (QED) is 0.518. The molecular weight excluding hydrogens is 386 g/mol. The highest BCUT2D eigenvalue weighted by molar-refractivity contribution is 7.98. The van der Waals surface area contributed by atoms with Crippen LogP contribution in [0.2, 0.25) is 5.02 Å². The van der Waals surface area contributed by atoms with E-state index in [9.17, 15) is 4.79 Å². The first-order valence-electron chi connectivity index (χ1n) is 7.97. The van der Waals surface area contributed by atoms with E-state index in [1.54, 1.807) is 36.0 Å². The van der Waals surface area contributed by atoms with Gasteiger partial charge in [0.15, 0.2) is 5.11 Å². The average Bonchev–Trinajstić information content (AvgIpc) is 2.63. The van der Waals surface area contributed by atoms with Crippen molar-refractivity contribution in [2.45, 2.75) is 17.9 Å². The van der Waals surface area contributed by atoms with Gasteiger partial charge in [0.25, 0.3) is 5.91 Å². The van der Waals surface area contributed by atoms with E-state index >= 15 is 0 Å². The highest BCUT2D eigenvalue weighted by Gasteiger charge is 2.29. The Morgan fingerprint density at radius 2 is 1.81 bits per heavy atom. The predicted octanol–water partition coefficient (Wildman–Crippen LogP) is 4.49. The second kappa shape index (κ2) is 8.12. The molecule has 0 fully saturated rings. The summed E-state index contributed by atoms with van der Waals surface area (Å²) in [5, 5.41) is 10.3. The summed E-state index contributed by atoms with van der Waals surface area (Å²) in [6, 6.07) is 14.8. The first-order chi connectivity index (χ1) is 12.5. The molecule has 1 unspecified atom stereocenters. The second-order valence-corrected chi connectivity index (χ2v) is 7.53. The minimum absolute atomic E-state index is 0.189. The normalized spacial score (nSPS) is 16.7. The van der Waals surface area contributed by atoms with Crippen molar-refractivity contribution in [3.63, 3.8) is 0 Å². The van der Waals surface area contributed by atoms with Crippen molar-refractivity contribution < 1.29 is 4.79 Å². The SMILES string of the molecule is CSc1ccc(C2NC(=S)NC(C)=C2C(=O)Nc2ccc(Cl)cc2)cc1. The van der Waals surface area contributed by atoms with Gasteiger partial charge in [0.1, 0.15) is 0 Å². The maximum absolute atomic E-state index is 12.9. The Morgan fingerprint density at radius 3 is 2.42 bits per heavy atom. The molecule has 0 bridgehead atoms. The highest BCUT2D eigenvalue weighted by atomic mass is 35.5. The fourth-order valence-electron chi connectivity index (χ4n) is 2.77. The summed E-state index contributed by atoms with van der Waals surface area (Å²) < 4.78 is 0. The molecule has 1 heterocycles. The molecule has 1 aliphatic rings. The third-order valence-corrected chi connectivity index (χ3v) is 5.28. The Balaban J connectivity index is 1.91. The van der Waals surface area contributed by atoms with E-state index in [1.807, 2.05) is 37.4 Å². The number of amides is 1. The van der Waals surface area contributed by atoms with E-state index in [-0.39, 0.29) is 11.9 Å². The minimum Gasteiger partial charge on any atom is -0.351 e. The second-order valence-electron chi connectivity index (χ2n) is 5.80. The summed E-state index contributed by atoms with van der Waals surface area (Å²) in [5.74, 6) is -0.189. The van der Waals surface area contributed by atoms with E-state index in [2.05, 4.69) is 16.0 Å². The largest absolute Gasteiger partial charge is 0.351 e. The summed E-state index contributed by atoms with van der Waals surface area (Å²) in [6.07, 6.45) is 2.03. The fraction of sp³-hybridized carbons (Fsp3) is 0.158. The van der Waals surface area contributed by atoms with Crippen LogP contribution >= 0.6 is 35.6 Å². The summed E-state index contributed by atoms with van der Waals surface area (Å²) in [7, 11) is 0. The third-order valence-electron chi connectivity index (χ3n) is 4.06. The number of nitrogens with one attached hydrogen (secondary N) is 3. The van der Waals surface area contributed by atoms with E-state index in [1.165, 1.54) is 0 Å². The van der Waals surface area contributed by atoms with Gasteiger partial charge in [-0.1, -0.05) is 23.7 Å². The third kappa shape index (κ3) is 4.20. The Kier molecular flexibility index (Phi) is 5.86. The molecule has 0 saturated heterocycles. The van der Waals surface area contributed by atoms with Crippen LogP contribution in [0.25, 0.3) is 0 Å². The van der Waals surface area contributed by atoms with Crippen molar-refractivity contribution in [2.24, 2.45) is 0 Å². The summed E-state index contributed by atoms with van der Waals surface area (Å²) in [4.78, 5) is 14.1. The number of halogens is 1. The van der Waals surface area contributed by atoms with E-state index in [0.717, 1.165) is 16.2 Å². The number of hydrogen-bond donors (Lipinski definition) is 3. The Morgan fingerprint density at radius 1 is 1.15 bits per heavy atom. The van der Waals surface area contributed by atoms with Crippen LogP contribution in [0.5, 0.6) is 0 Å². The summed E-state index contributed by atoms with van der Waals surface area (Å²) >= 11 is 12.9. The maximum Gasteiger partial charge on any atom is 0.255 e. The lowest BCUT2D eigenvalue weighted by atomic mass is 9.95. The zero-order valence-corrected chi connectivity index (χ0v) is 16.7. The highest BCUT2D eigenvalue weighted by Crippen LogP contribution is 2.29. The molecule has 2 aromatic rings. The maximum atomic E-state index is 12.9. The van der Waals surface area contributed by atoms with Crippen LogP contribution < -0.4 is 16.0 Å². The van der Waals surface area contributed by atoms with Gasteiger partial charge < -0.3 is 16.0 Å². The molecule has 1 atom stereocenters. The Labute approximate surface area is 167 Å². The minimum atomic E-state index is -0.313. The van der Waals surface area contributed by atoms with Crippen molar-refractivity contribution >= 4 is 52.3 Å². The molecule has 1 amide bonds. The number of carbonyl (C=O) groups is 1. The van der Waals surface area contributed by atoms with Gasteiger partial charge >= 0.3 is 0 Å². The molecule has 0 aliphatic carbocycles. The summed E-state index contributed by atoms with van der Waals surface area (Å²) in [6.45, 7) is 1.85. The van der Waals surface area contributed by atoms with Crippen LogP contribution in [0.3, 0.4) is 0 Å². The summed E-state index contributed by atoms with van der Waals surface area (Å²) in [5.41, 5.74) is 3.00. The number of thiocarbonyl (C=S) groups is 1. The number of carbonyl (C=O) groups excluding carboxylic acids is 1. The fourth-order valence-corrected chi connectivity index (χ4v) is 3.58. The molecule has 0 radical (unpaired) electrons. The van der Waals surface area contributed by atoms with Crippen LogP contribution in [0.15, 0.2) is 64.7 Å². The number of allylic oxidation sites excluding steroid dienone is 1. The zero-order chi connectivity index (χ0) is 18.7. The molecule has 7 heteroatoms. The molecule has 26 heavy (non-hydrogen) atoms. The van der Waals surface area contributed by atoms with Crippen LogP contribution in [0.1, 0.15) is 18.5 Å². The first kappa shape index (κ1) is 18.8. The van der Waals surface area contributed by atoms with Gasteiger partial charge in [0, 0.05) is 21.3 Å². The van der Waals surface area contributed by atoms with Gasteiger partial charge in [-0.15, -0.1) is 11.8 Å². The topological polar surface area (TPSA) is 53.2 Å². The lowest BCUT2D eigenvalue weighted by Crippen LogP contribution is -2.45. The Bertz CT molecular complexity index is 863. The number of thioether (sulfide) groups is 1. The average molecular weight is 404 g/mol. The molecule has 1 aliphatic heterocycles. The Hall–Kier alpha value is -2.02. The molecule has 134 valence electrons. The lowest BCUT2D eigenvalue weighted by Gasteiger charge is -2.30. The van der Waals surface area contributed by atoms with Gasteiger partial charge in [-0.25, -0.2) is 0 Å². The molecule has 0 saturated carbocycles. The van der Waals surface area contributed by atoms with E-state index in [4.69, 9.17) is 23.8 Å². The zero-order valence-electron chi connectivity index (χ0n) is 14.3. The van der Waals surface area contributed by atoms with Crippen LogP contribution in [-0.4, -0.2) is 17.3 Å². The van der Waals surface area contributed by atoms with Crippen molar-refractivity contribution in [1.29, 1.82) is 0 Å².